The van der Waals surface area contributed by atoms with Crippen molar-refractivity contribution in [3.8, 4) is 0 Å². The van der Waals surface area contributed by atoms with Gasteiger partial charge in [-0.15, -0.1) is 0 Å². The predicted octanol–water partition coefficient (Wildman–Crippen LogP) is 1.77. The van der Waals surface area contributed by atoms with Gasteiger partial charge in [-0.25, -0.2) is 0 Å². The van der Waals surface area contributed by atoms with Crippen LogP contribution in [0.1, 0.15) is 30.4 Å². The monoisotopic (exact) mass is 239 g/mol. The Kier molecular flexibility index (Phi) is 3.41. The van der Waals surface area contributed by atoms with Crippen LogP contribution in [-0.4, -0.2) is 5.11 Å². The molecule has 1 aromatic rings. The van der Waals surface area contributed by atoms with Crippen LogP contribution in [0.5, 0.6) is 0 Å². The van der Waals surface area contributed by atoms with Gasteiger partial charge in [0.05, 0.1) is 6.10 Å². The topological polar surface area (TPSA) is 29.5 Å². The summed E-state index contributed by atoms with van der Waals surface area (Å²) >= 11 is 0. The van der Waals surface area contributed by atoms with E-state index in [1.165, 1.54) is 0 Å². The molecular formula is C9H10O2Y. The summed E-state index contributed by atoms with van der Waals surface area (Å²) in [7, 11) is 0. The van der Waals surface area contributed by atoms with E-state index < -0.39 is 6.29 Å². The van der Waals surface area contributed by atoms with E-state index in [0.29, 0.717) is 0 Å². The van der Waals surface area contributed by atoms with Crippen molar-refractivity contribution in [1.29, 1.82) is 0 Å². The molecule has 1 heterocycles. The number of ether oxygens (including phenoxy) is 1. The molecule has 1 aliphatic rings. The van der Waals surface area contributed by atoms with Gasteiger partial charge < -0.3 is 9.84 Å². The Morgan fingerprint density at radius 2 is 1.83 bits per heavy atom. The number of hydrogen-bond acceptors (Lipinski definition) is 2. The Hall–Kier alpha value is 0.244. The molecule has 2 unspecified atom stereocenters. The number of aliphatic hydroxyl groups is 1. The van der Waals surface area contributed by atoms with Gasteiger partial charge in [-0.05, 0) is 12.5 Å². The van der Waals surface area contributed by atoms with Crippen LogP contribution in [0.25, 0.3) is 0 Å². The normalized spacial score (nSPS) is 26.2. The minimum absolute atomic E-state index is 0. The summed E-state index contributed by atoms with van der Waals surface area (Å²) in [6.45, 7) is 1.94. The molecule has 0 saturated heterocycles. The third-order valence-corrected chi connectivity index (χ3v) is 2.03. The molecule has 0 aromatic heterocycles. The van der Waals surface area contributed by atoms with Crippen molar-refractivity contribution in [1.82, 2.24) is 0 Å². The molecule has 12 heavy (non-hydrogen) atoms. The Morgan fingerprint density at radius 1 is 1.25 bits per heavy atom. The van der Waals surface area contributed by atoms with Crippen LogP contribution in [0.3, 0.4) is 0 Å². The molecule has 1 aromatic carbocycles. The first kappa shape index (κ1) is 10.3. The van der Waals surface area contributed by atoms with E-state index in [4.69, 9.17) is 4.74 Å². The molecule has 0 spiro atoms. The quantitative estimate of drug-likeness (QED) is 0.747. The Morgan fingerprint density at radius 3 is 2.42 bits per heavy atom. The van der Waals surface area contributed by atoms with Gasteiger partial charge in [-0.1, -0.05) is 24.3 Å². The Bertz CT molecular complexity index is 248. The summed E-state index contributed by atoms with van der Waals surface area (Å²) in [6, 6.07) is 7.74. The summed E-state index contributed by atoms with van der Waals surface area (Å²) in [5.41, 5.74) is 2.00. The van der Waals surface area contributed by atoms with Gasteiger partial charge >= 0.3 is 0 Å². The van der Waals surface area contributed by atoms with E-state index in [1.807, 2.05) is 31.2 Å². The van der Waals surface area contributed by atoms with E-state index in [-0.39, 0.29) is 38.8 Å². The fourth-order valence-corrected chi connectivity index (χ4v) is 1.45. The second kappa shape index (κ2) is 3.97. The fraction of sp³-hybridized carbons (Fsp3) is 0.333. The van der Waals surface area contributed by atoms with Crippen LogP contribution < -0.4 is 0 Å². The van der Waals surface area contributed by atoms with Crippen LogP contribution >= 0.6 is 0 Å². The maximum atomic E-state index is 9.33. The summed E-state index contributed by atoms with van der Waals surface area (Å²) in [5, 5.41) is 9.33. The van der Waals surface area contributed by atoms with Crippen molar-refractivity contribution < 1.29 is 42.6 Å². The third-order valence-electron chi connectivity index (χ3n) is 2.03. The van der Waals surface area contributed by atoms with Crippen LogP contribution in [-0.2, 0) is 37.4 Å². The molecule has 1 aliphatic heterocycles. The third kappa shape index (κ3) is 1.62. The molecule has 0 fully saturated rings. The first-order valence-electron chi connectivity index (χ1n) is 3.71. The number of rotatable bonds is 0. The maximum Gasteiger partial charge on any atom is 0.182 e. The smallest absolute Gasteiger partial charge is 0.182 e. The molecular weight excluding hydrogens is 229 g/mol. The van der Waals surface area contributed by atoms with Crippen molar-refractivity contribution in [3.63, 3.8) is 0 Å². The molecule has 0 aliphatic carbocycles. The Balaban J connectivity index is 0.000000720. The zero-order valence-corrected chi connectivity index (χ0v) is 9.74. The van der Waals surface area contributed by atoms with Gasteiger partial charge in [-0.2, -0.15) is 0 Å². The molecule has 2 nitrogen and oxygen atoms in total. The van der Waals surface area contributed by atoms with Gasteiger partial charge in [0, 0.05) is 38.3 Å². The summed E-state index contributed by atoms with van der Waals surface area (Å²) in [4.78, 5) is 0. The second-order valence-electron chi connectivity index (χ2n) is 2.76. The average molecular weight is 239 g/mol. The van der Waals surface area contributed by atoms with Crippen LogP contribution in [0.2, 0.25) is 0 Å². The molecule has 61 valence electrons. The van der Waals surface area contributed by atoms with E-state index in [0.717, 1.165) is 11.1 Å². The van der Waals surface area contributed by atoms with Gasteiger partial charge in [0.2, 0.25) is 0 Å². The average Bonchev–Trinajstić information content (AvgIpc) is 2.30. The van der Waals surface area contributed by atoms with Gasteiger partial charge in [0.1, 0.15) is 0 Å². The number of fused-ring (bicyclic) bond motifs is 1. The van der Waals surface area contributed by atoms with E-state index >= 15 is 0 Å². The Labute approximate surface area is 96.8 Å². The van der Waals surface area contributed by atoms with E-state index in [1.54, 1.807) is 0 Å². The molecule has 0 amide bonds. The molecule has 2 atom stereocenters. The molecule has 1 radical (unpaired) electrons. The molecule has 1 N–H and O–H groups in total. The van der Waals surface area contributed by atoms with Gasteiger partial charge in [0.25, 0.3) is 0 Å². The summed E-state index contributed by atoms with van der Waals surface area (Å²) in [5.74, 6) is 0. The zero-order chi connectivity index (χ0) is 7.84. The molecule has 0 bridgehead atoms. The first-order chi connectivity index (χ1) is 5.29. The zero-order valence-electron chi connectivity index (χ0n) is 6.90. The summed E-state index contributed by atoms with van der Waals surface area (Å²) < 4.78 is 5.19. The van der Waals surface area contributed by atoms with Crippen molar-refractivity contribution >= 4 is 0 Å². The molecule has 2 rings (SSSR count). The van der Waals surface area contributed by atoms with Crippen molar-refractivity contribution in [2.75, 3.05) is 0 Å². The van der Waals surface area contributed by atoms with Crippen molar-refractivity contribution in [2.24, 2.45) is 0 Å². The SMILES string of the molecule is CC1OC(O)c2ccccc21.[Y]. The van der Waals surface area contributed by atoms with E-state index in [2.05, 4.69) is 0 Å². The van der Waals surface area contributed by atoms with Crippen LogP contribution in [0.15, 0.2) is 24.3 Å². The van der Waals surface area contributed by atoms with Crippen LogP contribution in [0.4, 0.5) is 0 Å². The summed E-state index contributed by atoms with van der Waals surface area (Å²) in [6.07, 6.45) is -0.692. The van der Waals surface area contributed by atoms with Gasteiger partial charge in [0.15, 0.2) is 6.29 Å². The number of benzene rings is 1. The van der Waals surface area contributed by atoms with E-state index in [9.17, 15) is 5.11 Å². The molecule has 0 saturated carbocycles. The minimum Gasteiger partial charge on any atom is -0.364 e. The standard InChI is InChI=1S/C9H10O2.Y/c1-6-7-4-2-3-5-8(7)9(10)11-6;/h2-6,9-10H,1H3;. The minimum atomic E-state index is -0.721. The number of hydrogen-bond donors (Lipinski definition) is 1. The second-order valence-corrected chi connectivity index (χ2v) is 2.76. The van der Waals surface area contributed by atoms with Crippen molar-refractivity contribution in [3.05, 3.63) is 35.4 Å². The largest absolute Gasteiger partial charge is 0.364 e. The van der Waals surface area contributed by atoms with Gasteiger partial charge in [-0.3, -0.25) is 0 Å². The molecule has 3 heteroatoms. The number of aliphatic hydroxyl groups excluding tert-OH is 1. The van der Waals surface area contributed by atoms with Crippen molar-refractivity contribution in [2.45, 2.75) is 19.3 Å². The fourth-order valence-electron chi connectivity index (χ4n) is 1.45. The maximum absolute atomic E-state index is 9.33. The first-order valence-corrected chi connectivity index (χ1v) is 3.71. The van der Waals surface area contributed by atoms with Crippen LogP contribution in [0, 0.1) is 0 Å². The predicted molar refractivity (Wildman–Crippen MR) is 40.9 cm³/mol.